The highest BCUT2D eigenvalue weighted by atomic mass is 19.1. The van der Waals surface area contributed by atoms with Gasteiger partial charge in [-0.2, -0.15) is 0 Å². The molecular formula is C15H25FN2O2. The summed E-state index contributed by atoms with van der Waals surface area (Å²) in [4.78, 5) is 1.97. The van der Waals surface area contributed by atoms with Crippen LogP contribution in [0, 0.1) is 5.82 Å². The molecule has 0 radical (unpaired) electrons. The third-order valence-corrected chi connectivity index (χ3v) is 3.04. The quantitative estimate of drug-likeness (QED) is 0.685. The summed E-state index contributed by atoms with van der Waals surface area (Å²) in [6, 6.07) is 2.92. The fourth-order valence-electron chi connectivity index (χ4n) is 1.98. The topological polar surface area (TPSA) is 58.7 Å². The molecular weight excluding hydrogens is 259 g/mol. The van der Waals surface area contributed by atoms with Gasteiger partial charge in [0.25, 0.3) is 0 Å². The number of benzene rings is 1. The van der Waals surface area contributed by atoms with Gasteiger partial charge in [-0.25, -0.2) is 4.39 Å². The first-order chi connectivity index (χ1) is 9.63. The average molecular weight is 284 g/mol. The van der Waals surface area contributed by atoms with Crippen molar-refractivity contribution in [2.45, 2.75) is 33.1 Å². The van der Waals surface area contributed by atoms with Crippen molar-refractivity contribution in [1.29, 1.82) is 0 Å². The molecule has 0 bridgehead atoms. The van der Waals surface area contributed by atoms with Gasteiger partial charge >= 0.3 is 0 Å². The zero-order chi connectivity index (χ0) is 15.0. The summed E-state index contributed by atoms with van der Waals surface area (Å²) < 4.78 is 19.2. The van der Waals surface area contributed by atoms with E-state index in [-0.39, 0.29) is 12.4 Å². The minimum absolute atomic E-state index is 0.0334. The first kappa shape index (κ1) is 16.6. The SMILES string of the molecule is CCCCN(CCO)c1cc(OCCC)c(F)cc1N. The number of rotatable bonds is 9. The normalized spacial score (nSPS) is 10.6. The van der Waals surface area contributed by atoms with Crippen LogP contribution in [0.1, 0.15) is 33.1 Å². The van der Waals surface area contributed by atoms with Crippen LogP contribution in [-0.4, -0.2) is 31.4 Å². The minimum Gasteiger partial charge on any atom is -0.490 e. The third-order valence-electron chi connectivity index (χ3n) is 3.04. The van der Waals surface area contributed by atoms with Crippen LogP contribution in [0.2, 0.25) is 0 Å². The van der Waals surface area contributed by atoms with Gasteiger partial charge < -0.3 is 20.5 Å². The monoisotopic (exact) mass is 284 g/mol. The van der Waals surface area contributed by atoms with E-state index in [4.69, 9.17) is 15.6 Å². The predicted molar refractivity (Wildman–Crippen MR) is 80.8 cm³/mol. The van der Waals surface area contributed by atoms with Crippen LogP contribution in [0.25, 0.3) is 0 Å². The second-order valence-electron chi connectivity index (χ2n) is 4.75. The summed E-state index contributed by atoms with van der Waals surface area (Å²) in [6.07, 6.45) is 2.85. The van der Waals surface area contributed by atoms with Crippen LogP contribution >= 0.6 is 0 Å². The molecule has 4 nitrogen and oxygen atoms in total. The van der Waals surface area contributed by atoms with Crippen LogP contribution in [0.5, 0.6) is 5.75 Å². The Morgan fingerprint density at radius 1 is 1.25 bits per heavy atom. The molecule has 0 saturated heterocycles. The number of nitrogen functional groups attached to an aromatic ring is 1. The van der Waals surface area contributed by atoms with E-state index in [0.29, 0.717) is 18.8 Å². The van der Waals surface area contributed by atoms with Crippen molar-refractivity contribution >= 4 is 11.4 Å². The van der Waals surface area contributed by atoms with E-state index >= 15 is 0 Å². The number of aliphatic hydroxyl groups is 1. The van der Waals surface area contributed by atoms with Crippen LogP contribution in [-0.2, 0) is 0 Å². The smallest absolute Gasteiger partial charge is 0.167 e. The lowest BCUT2D eigenvalue weighted by atomic mass is 10.2. The molecule has 0 aliphatic heterocycles. The van der Waals surface area contributed by atoms with Crippen molar-refractivity contribution in [1.82, 2.24) is 0 Å². The molecule has 3 N–H and O–H groups in total. The molecule has 0 amide bonds. The zero-order valence-electron chi connectivity index (χ0n) is 12.4. The Kier molecular flexibility index (Phi) is 7.15. The summed E-state index contributed by atoms with van der Waals surface area (Å²) in [5, 5.41) is 9.17. The molecule has 5 heteroatoms. The molecule has 0 spiro atoms. The fraction of sp³-hybridized carbons (Fsp3) is 0.600. The van der Waals surface area contributed by atoms with Crippen molar-refractivity contribution in [3.05, 3.63) is 17.9 Å². The van der Waals surface area contributed by atoms with Gasteiger partial charge in [0, 0.05) is 25.2 Å². The maximum Gasteiger partial charge on any atom is 0.167 e. The van der Waals surface area contributed by atoms with E-state index in [1.165, 1.54) is 6.07 Å². The molecule has 0 heterocycles. The molecule has 0 unspecified atom stereocenters. The van der Waals surface area contributed by atoms with E-state index in [2.05, 4.69) is 6.92 Å². The molecule has 1 rings (SSSR count). The van der Waals surface area contributed by atoms with E-state index in [1.54, 1.807) is 6.07 Å². The number of nitrogens with zero attached hydrogens (tertiary/aromatic N) is 1. The van der Waals surface area contributed by atoms with Gasteiger partial charge in [-0.15, -0.1) is 0 Å². The number of hydrogen-bond donors (Lipinski definition) is 2. The van der Waals surface area contributed by atoms with E-state index < -0.39 is 5.82 Å². The summed E-state index contributed by atoms with van der Waals surface area (Å²) in [6.45, 7) is 5.82. The van der Waals surface area contributed by atoms with Gasteiger partial charge in [-0.1, -0.05) is 20.3 Å². The molecule has 0 aliphatic carbocycles. The van der Waals surface area contributed by atoms with Crippen molar-refractivity contribution in [2.24, 2.45) is 0 Å². The second-order valence-corrected chi connectivity index (χ2v) is 4.75. The zero-order valence-corrected chi connectivity index (χ0v) is 12.4. The van der Waals surface area contributed by atoms with Crippen molar-refractivity contribution in [2.75, 3.05) is 36.9 Å². The number of hydrogen-bond acceptors (Lipinski definition) is 4. The molecule has 1 aromatic rings. The molecule has 0 saturated carbocycles. The largest absolute Gasteiger partial charge is 0.490 e. The number of ether oxygens (including phenoxy) is 1. The van der Waals surface area contributed by atoms with Gasteiger partial charge in [-0.3, -0.25) is 0 Å². The summed E-state index contributed by atoms with van der Waals surface area (Å²) in [5.74, 6) is -0.227. The number of anilines is 2. The van der Waals surface area contributed by atoms with E-state index in [1.807, 2.05) is 11.8 Å². The van der Waals surface area contributed by atoms with Crippen LogP contribution in [0.3, 0.4) is 0 Å². The van der Waals surface area contributed by atoms with Crippen LogP contribution in [0.15, 0.2) is 12.1 Å². The number of nitrogens with two attached hydrogens (primary N) is 1. The minimum atomic E-state index is -0.445. The Morgan fingerprint density at radius 2 is 2.00 bits per heavy atom. The summed E-state index contributed by atoms with van der Waals surface area (Å²) >= 11 is 0. The van der Waals surface area contributed by atoms with Crippen LogP contribution < -0.4 is 15.4 Å². The van der Waals surface area contributed by atoms with Gasteiger partial charge in [-0.05, 0) is 12.8 Å². The van der Waals surface area contributed by atoms with Gasteiger partial charge in [0.15, 0.2) is 11.6 Å². The standard InChI is InChI=1S/C15H25FN2O2/c1-3-5-6-18(7-8-19)14-11-15(20-9-4-2)12(16)10-13(14)17/h10-11,19H,3-9,17H2,1-2H3. The lowest BCUT2D eigenvalue weighted by Gasteiger charge is -2.26. The Balaban J connectivity index is 2.99. The lowest BCUT2D eigenvalue weighted by molar-refractivity contribution is 0.298. The molecule has 0 aliphatic rings. The van der Waals surface area contributed by atoms with Crippen molar-refractivity contribution in [3.8, 4) is 5.75 Å². The molecule has 0 aromatic heterocycles. The Hall–Kier alpha value is -1.49. The molecule has 114 valence electrons. The lowest BCUT2D eigenvalue weighted by Crippen LogP contribution is -2.28. The van der Waals surface area contributed by atoms with Gasteiger partial charge in [0.1, 0.15) is 0 Å². The molecule has 0 fully saturated rings. The molecule has 1 aromatic carbocycles. The molecule has 0 atom stereocenters. The first-order valence-corrected chi connectivity index (χ1v) is 7.21. The summed E-state index contributed by atoms with van der Waals surface area (Å²) in [5.41, 5.74) is 7.00. The van der Waals surface area contributed by atoms with E-state index in [0.717, 1.165) is 31.5 Å². The van der Waals surface area contributed by atoms with Crippen molar-refractivity contribution in [3.63, 3.8) is 0 Å². The number of unbranched alkanes of at least 4 members (excludes halogenated alkanes) is 1. The summed E-state index contributed by atoms with van der Waals surface area (Å²) in [7, 11) is 0. The Morgan fingerprint density at radius 3 is 2.60 bits per heavy atom. The van der Waals surface area contributed by atoms with Gasteiger partial charge in [0.05, 0.1) is 24.6 Å². The molecule has 20 heavy (non-hydrogen) atoms. The van der Waals surface area contributed by atoms with Gasteiger partial charge in [0.2, 0.25) is 0 Å². The average Bonchev–Trinajstić information content (AvgIpc) is 2.43. The van der Waals surface area contributed by atoms with Crippen molar-refractivity contribution < 1.29 is 14.2 Å². The first-order valence-electron chi connectivity index (χ1n) is 7.21. The van der Waals surface area contributed by atoms with E-state index in [9.17, 15) is 4.39 Å². The maximum absolute atomic E-state index is 13.8. The Labute approximate surface area is 120 Å². The highest BCUT2D eigenvalue weighted by molar-refractivity contribution is 5.70. The number of aliphatic hydroxyl groups excluding tert-OH is 1. The second kappa shape index (κ2) is 8.64. The third kappa shape index (κ3) is 4.56. The highest BCUT2D eigenvalue weighted by Gasteiger charge is 2.14. The predicted octanol–water partition coefficient (Wildman–Crippen LogP) is 2.80. The fourth-order valence-corrected chi connectivity index (χ4v) is 1.98. The maximum atomic E-state index is 13.8. The Bertz CT molecular complexity index is 413. The highest BCUT2D eigenvalue weighted by Crippen LogP contribution is 2.31. The van der Waals surface area contributed by atoms with Crippen LogP contribution in [0.4, 0.5) is 15.8 Å². The number of halogens is 1.